The van der Waals surface area contributed by atoms with Gasteiger partial charge in [0.05, 0.1) is 13.2 Å². The SMILES string of the molecule is CNC(COc1cc(C)cc(C)c1)c1cccc(OC)c1. The molecule has 0 spiro atoms. The maximum absolute atomic E-state index is 5.95. The third-order valence-electron chi connectivity index (χ3n) is 3.46. The molecule has 0 fully saturated rings. The average Bonchev–Trinajstić information content (AvgIpc) is 2.47. The van der Waals surface area contributed by atoms with E-state index in [-0.39, 0.29) is 6.04 Å². The second-order valence-corrected chi connectivity index (χ2v) is 5.25. The van der Waals surface area contributed by atoms with Gasteiger partial charge in [0.25, 0.3) is 0 Å². The zero-order valence-corrected chi connectivity index (χ0v) is 13.1. The predicted octanol–water partition coefficient (Wildman–Crippen LogP) is 3.65. The maximum atomic E-state index is 5.95. The van der Waals surface area contributed by atoms with Gasteiger partial charge >= 0.3 is 0 Å². The summed E-state index contributed by atoms with van der Waals surface area (Å²) in [6.07, 6.45) is 0. The molecule has 3 nitrogen and oxygen atoms in total. The van der Waals surface area contributed by atoms with Gasteiger partial charge in [0.15, 0.2) is 0 Å². The van der Waals surface area contributed by atoms with Crippen LogP contribution in [0.2, 0.25) is 0 Å². The predicted molar refractivity (Wildman–Crippen MR) is 86.2 cm³/mol. The van der Waals surface area contributed by atoms with Crippen LogP contribution in [0.1, 0.15) is 22.7 Å². The summed E-state index contributed by atoms with van der Waals surface area (Å²) < 4.78 is 11.2. The molecule has 0 bridgehead atoms. The summed E-state index contributed by atoms with van der Waals surface area (Å²) >= 11 is 0. The summed E-state index contributed by atoms with van der Waals surface area (Å²) in [6, 6.07) is 14.4. The molecule has 0 radical (unpaired) electrons. The molecule has 0 amide bonds. The van der Waals surface area contributed by atoms with Crippen molar-refractivity contribution in [3.8, 4) is 11.5 Å². The second kappa shape index (κ2) is 7.14. The minimum Gasteiger partial charge on any atom is -0.497 e. The van der Waals surface area contributed by atoms with Gasteiger partial charge in [-0.1, -0.05) is 18.2 Å². The summed E-state index contributed by atoms with van der Waals surface area (Å²) in [5, 5.41) is 3.29. The van der Waals surface area contributed by atoms with Crippen molar-refractivity contribution in [2.24, 2.45) is 0 Å². The number of nitrogens with one attached hydrogen (secondary N) is 1. The van der Waals surface area contributed by atoms with Crippen LogP contribution in [-0.2, 0) is 0 Å². The van der Waals surface area contributed by atoms with Crippen LogP contribution in [0, 0.1) is 13.8 Å². The highest BCUT2D eigenvalue weighted by Gasteiger charge is 2.11. The van der Waals surface area contributed by atoms with Crippen LogP contribution in [0.3, 0.4) is 0 Å². The number of methoxy groups -OCH3 is 1. The standard InChI is InChI=1S/C18H23NO2/c1-13-8-14(2)10-17(9-13)21-12-18(19-3)15-6-5-7-16(11-15)20-4/h5-11,18-19H,12H2,1-4H3. The molecule has 0 saturated heterocycles. The second-order valence-electron chi connectivity index (χ2n) is 5.25. The first kappa shape index (κ1) is 15.4. The normalized spacial score (nSPS) is 12.0. The largest absolute Gasteiger partial charge is 0.497 e. The summed E-state index contributed by atoms with van der Waals surface area (Å²) in [6.45, 7) is 4.74. The van der Waals surface area contributed by atoms with Crippen LogP contribution >= 0.6 is 0 Å². The zero-order chi connectivity index (χ0) is 15.2. The van der Waals surface area contributed by atoms with Gasteiger partial charge in [0.1, 0.15) is 18.1 Å². The molecule has 0 aliphatic carbocycles. The van der Waals surface area contributed by atoms with Crippen molar-refractivity contribution in [2.45, 2.75) is 19.9 Å². The van der Waals surface area contributed by atoms with Gasteiger partial charge in [-0.15, -0.1) is 0 Å². The van der Waals surface area contributed by atoms with Gasteiger partial charge in [0.2, 0.25) is 0 Å². The highest BCUT2D eigenvalue weighted by atomic mass is 16.5. The van der Waals surface area contributed by atoms with E-state index in [1.54, 1.807) is 7.11 Å². The molecule has 2 rings (SSSR count). The number of benzene rings is 2. The molecule has 3 heteroatoms. The van der Waals surface area contributed by atoms with E-state index in [0.29, 0.717) is 6.61 Å². The molecule has 2 aromatic rings. The van der Waals surface area contributed by atoms with Gasteiger partial charge in [-0.2, -0.15) is 0 Å². The third kappa shape index (κ3) is 4.23. The summed E-state index contributed by atoms with van der Waals surface area (Å²) in [4.78, 5) is 0. The van der Waals surface area contributed by atoms with Crippen LogP contribution in [-0.4, -0.2) is 20.8 Å². The Morgan fingerprint density at radius 2 is 1.71 bits per heavy atom. The fourth-order valence-corrected chi connectivity index (χ4v) is 2.40. The summed E-state index contributed by atoms with van der Waals surface area (Å²) in [7, 11) is 3.62. The fraction of sp³-hybridized carbons (Fsp3) is 0.333. The van der Waals surface area contributed by atoms with E-state index >= 15 is 0 Å². The third-order valence-corrected chi connectivity index (χ3v) is 3.46. The van der Waals surface area contributed by atoms with Crippen molar-refractivity contribution < 1.29 is 9.47 Å². The lowest BCUT2D eigenvalue weighted by molar-refractivity contribution is 0.272. The Labute approximate surface area is 126 Å². The van der Waals surface area contributed by atoms with E-state index in [1.807, 2.05) is 25.2 Å². The van der Waals surface area contributed by atoms with Gasteiger partial charge in [-0.05, 0) is 61.9 Å². The molecule has 0 aliphatic rings. The van der Waals surface area contributed by atoms with Gasteiger partial charge < -0.3 is 14.8 Å². The first-order valence-electron chi connectivity index (χ1n) is 7.14. The van der Waals surface area contributed by atoms with E-state index in [4.69, 9.17) is 9.47 Å². The van der Waals surface area contributed by atoms with Crippen molar-refractivity contribution in [1.29, 1.82) is 0 Å². The molecule has 0 saturated carbocycles. The van der Waals surface area contributed by atoms with E-state index in [2.05, 4.69) is 43.4 Å². The topological polar surface area (TPSA) is 30.5 Å². The Balaban J connectivity index is 2.08. The monoisotopic (exact) mass is 285 g/mol. The van der Waals surface area contributed by atoms with Crippen molar-refractivity contribution in [3.05, 3.63) is 59.2 Å². The van der Waals surface area contributed by atoms with Gasteiger partial charge in [-0.3, -0.25) is 0 Å². The maximum Gasteiger partial charge on any atom is 0.119 e. The van der Waals surface area contributed by atoms with Crippen LogP contribution in [0.5, 0.6) is 11.5 Å². The van der Waals surface area contributed by atoms with E-state index in [0.717, 1.165) is 17.1 Å². The number of ether oxygens (including phenoxy) is 2. The fourth-order valence-electron chi connectivity index (χ4n) is 2.40. The smallest absolute Gasteiger partial charge is 0.119 e. The molecule has 1 atom stereocenters. The average molecular weight is 285 g/mol. The lowest BCUT2D eigenvalue weighted by atomic mass is 10.1. The number of likely N-dealkylation sites (N-methyl/N-ethyl adjacent to an activating group) is 1. The molecular formula is C18H23NO2. The molecule has 112 valence electrons. The Morgan fingerprint density at radius 3 is 2.33 bits per heavy atom. The molecular weight excluding hydrogens is 262 g/mol. The highest BCUT2D eigenvalue weighted by molar-refractivity contribution is 5.34. The van der Waals surface area contributed by atoms with Crippen molar-refractivity contribution in [1.82, 2.24) is 5.32 Å². The Morgan fingerprint density at radius 1 is 1.00 bits per heavy atom. The van der Waals surface area contributed by atoms with Crippen LogP contribution in [0.15, 0.2) is 42.5 Å². The van der Waals surface area contributed by atoms with Crippen LogP contribution < -0.4 is 14.8 Å². The lowest BCUT2D eigenvalue weighted by Crippen LogP contribution is -2.23. The molecule has 1 N–H and O–H groups in total. The minimum absolute atomic E-state index is 0.126. The van der Waals surface area contributed by atoms with Crippen LogP contribution in [0.4, 0.5) is 0 Å². The van der Waals surface area contributed by atoms with Gasteiger partial charge in [-0.25, -0.2) is 0 Å². The molecule has 0 aliphatic heterocycles. The number of aryl methyl sites for hydroxylation is 2. The molecule has 2 aromatic carbocycles. The van der Waals surface area contributed by atoms with E-state index < -0.39 is 0 Å². The Kier molecular flexibility index (Phi) is 5.23. The molecule has 21 heavy (non-hydrogen) atoms. The Bertz CT molecular complexity index is 575. The zero-order valence-electron chi connectivity index (χ0n) is 13.1. The lowest BCUT2D eigenvalue weighted by Gasteiger charge is -2.18. The van der Waals surface area contributed by atoms with Crippen LogP contribution in [0.25, 0.3) is 0 Å². The summed E-state index contributed by atoms with van der Waals surface area (Å²) in [5.74, 6) is 1.77. The van der Waals surface area contributed by atoms with Gasteiger partial charge in [0, 0.05) is 0 Å². The minimum atomic E-state index is 0.126. The van der Waals surface area contributed by atoms with E-state index in [9.17, 15) is 0 Å². The molecule has 1 unspecified atom stereocenters. The molecule has 0 aromatic heterocycles. The number of rotatable bonds is 6. The van der Waals surface area contributed by atoms with Crippen molar-refractivity contribution in [3.63, 3.8) is 0 Å². The number of hydrogen-bond donors (Lipinski definition) is 1. The summed E-state index contributed by atoms with van der Waals surface area (Å²) in [5.41, 5.74) is 3.58. The first-order chi connectivity index (χ1) is 10.1. The highest BCUT2D eigenvalue weighted by Crippen LogP contribution is 2.21. The van der Waals surface area contributed by atoms with Crippen molar-refractivity contribution >= 4 is 0 Å². The number of hydrogen-bond acceptors (Lipinski definition) is 3. The quantitative estimate of drug-likeness (QED) is 0.878. The Hall–Kier alpha value is -2.00. The van der Waals surface area contributed by atoms with Crippen molar-refractivity contribution in [2.75, 3.05) is 20.8 Å². The van der Waals surface area contributed by atoms with E-state index in [1.165, 1.54) is 11.1 Å². The molecule has 0 heterocycles. The first-order valence-corrected chi connectivity index (χ1v) is 7.14.